The van der Waals surface area contributed by atoms with Crippen LogP contribution in [0.2, 0.25) is 0 Å². The highest BCUT2D eigenvalue weighted by molar-refractivity contribution is 7.91. The van der Waals surface area contributed by atoms with Crippen LogP contribution >= 0.6 is 12.2 Å². The summed E-state index contributed by atoms with van der Waals surface area (Å²) in [5.74, 6) is 0.186. The number of sulfone groups is 1. The first kappa shape index (κ1) is 14.1. The molecule has 0 saturated carbocycles. The normalized spacial score (nSPS) is 11.4. The number of aryl methyl sites for hydroxylation is 1. The maximum Gasteiger partial charge on any atom is 0.178 e. The molecule has 0 aliphatic rings. The number of hydrogen-bond acceptors (Lipinski definition) is 3. The summed E-state index contributed by atoms with van der Waals surface area (Å²) in [6.45, 7) is 1.86. The summed E-state index contributed by atoms with van der Waals surface area (Å²) in [5, 5.41) is 0. The average molecular weight is 271 g/mol. The molecule has 0 amide bonds. The van der Waals surface area contributed by atoms with E-state index in [-0.39, 0.29) is 5.75 Å². The fourth-order valence-electron chi connectivity index (χ4n) is 1.55. The fourth-order valence-corrected chi connectivity index (χ4v) is 3.04. The van der Waals surface area contributed by atoms with Gasteiger partial charge in [0.25, 0.3) is 0 Å². The maximum atomic E-state index is 11.9. The molecule has 0 radical (unpaired) electrons. The smallest absolute Gasteiger partial charge is 0.178 e. The van der Waals surface area contributed by atoms with Crippen molar-refractivity contribution in [3.8, 4) is 0 Å². The molecule has 0 unspecified atom stereocenters. The molecular formula is C12H17NO2S2. The van der Waals surface area contributed by atoms with Crippen molar-refractivity contribution in [1.82, 2.24) is 0 Å². The van der Waals surface area contributed by atoms with Crippen molar-refractivity contribution in [2.75, 3.05) is 5.75 Å². The van der Waals surface area contributed by atoms with E-state index in [1.165, 1.54) is 0 Å². The van der Waals surface area contributed by atoms with E-state index in [0.717, 1.165) is 5.56 Å². The highest BCUT2D eigenvalue weighted by atomic mass is 32.2. The summed E-state index contributed by atoms with van der Waals surface area (Å²) < 4.78 is 23.7. The Morgan fingerprint density at radius 2 is 2.12 bits per heavy atom. The van der Waals surface area contributed by atoms with Gasteiger partial charge in [0.15, 0.2) is 9.84 Å². The molecule has 3 nitrogen and oxygen atoms in total. The zero-order valence-electron chi connectivity index (χ0n) is 9.85. The summed E-state index contributed by atoms with van der Waals surface area (Å²) in [4.78, 5) is 0.839. The Balaban J connectivity index is 2.89. The lowest BCUT2D eigenvalue weighted by molar-refractivity contribution is 0.594. The van der Waals surface area contributed by atoms with E-state index in [2.05, 4.69) is 0 Å². The third kappa shape index (κ3) is 4.44. The molecule has 0 aliphatic heterocycles. The van der Waals surface area contributed by atoms with Gasteiger partial charge in [0.2, 0.25) is 0 Å². The van der Waals surface area contributed by atoms with Gasteiger partial charge in [-0.2, -0.15) is 0 Å². The molecule has 0 aromatic heterocycles. The Bertz CT molecular complexity index is 495. The summed E-state index contributed by atoms with van der Waals surface area (Å²) in [6, 6.07) is 7.00. The molecule has 0 fully saturated rings. The van der Waals surface area contributed by atoms with Crippen molar-refractivity contribution >= 4 is 27.0 Å². The molecule has 0 saturated heterocycles. The molecule has 1 aromatic carbocycles. The number of rotatable bonds is 6. The van der Waals surface area contributed by atoms with E-state index in [0.29, 0.717) is 29.1 Å². The van der Waals surface area contributed by atoms with Gasteiger partial charge in [-0.15, -0.1) is 0 Å². The number of hydrogen-bond donors (Lipinski definition) is 1. The first-order valence-electron chi connectivity index (χ1n) is 5.55. The quantitative estimate of drug-likeness (QED) is 0.805. The lowest BCUT2D eigenvalue weighted by Gasteiger charge is -2.05. The van der Waals surface area contributed by atoms with Crippen LogP contribution < -0.4 is 5.73 Å². The van der Waals surface area contributed by atoms with Gasteiger partial charge < -0.3 is 5.73 Å². The first-order chi connectivity index (χ1) is 7.95. The topological polar surface area (TPSA) is 60.2 Å². The summed E-state index contributed by atoms with van der Waals surface area (Å²) in [5.41, 5.74) is 6.38. The van der Waals surface area contributed by atoms with Gasteiger partial charge in [-0.3, -0.25) is 0 Å². The third-order valence-electron chi connectivity index (χ3n) is 2.39. The third-order valence-corrected chi connectivity index (χ3v) is 4.51. The van der Waals surface area contributed by atoms with Gasteiger partial charge in [-0.1, -0.05) is 31.3 Å². The van der Waals surface area contributed by atoms with Crippen molar-refractivity contribution in [3.05, 3.63) is 29.8 Å². The van der Waals surface area contributed by atoms with E-state index in [1.54, 1.807) is 18.2 Å². The van der Waals surface area contributed by atoms with Crippen LogP contribution in [0.25, 0.3) is 0 Å². The minimum absolute atomic E-state index is 0.186. The molecule has 1 aromatic rings. The highest BCUT2D eigenvalue weighted by Gasteiger charge is 2.13. The first-order valence-corrected chi connectivity index (χ1v) is 7.62. The zero-order chi connectivity index (χ0) is 12.9. The van der Waals surface area contributed by atoms with Crippen LogP contribution in [0.1, 0.15) is 25.3 Å². The molecule has 0 bridgehead atoms. The minimum atomic E-state index is -3.14. The Morgan fingerprint density at radius 3 is 2.71 bits per heavy atom. The van der Waals surface area contributed by atoms with Crippen molar-refractivity contribution in [3.63, 3.8) is 0 Å². The van der Waals surface area contributed by atoms with Crippen LogP contribution in [-0.4, -0.2) is 19.2 Å². The van der Waals surface area contributed by atoms with Crippen molar-refractivity contribution < 1.29 is 8.42 Å². The fraction of sp³-hybridized carbons (Fsp3) is 0.417. The molecule has 0 aliphatic carbocycles. The zero-order valence-corrected chi connectivity index (χ0v) is 11.5. The van der Waals surface area contributed by atoms with E-state index in [1.807, 2.05) is 13.0 Å². The standard InChI is InChI=1S/C12H17NO2S2/c1-2-8-17(14,15)11-5-3-4-10(9-11)6-7-12(13)16/h3-5,9H,2,6-8H2,1H3,(H2,13,16). The van der Waals surface area contributed by atoms with Crippen molar-refractivity contribution in [1.29, 1.82) is 0 Å². The summed E-state index contributed by atoms with van der Waals surface area (Å²) >= 11 is 4.80. The SMILES string of the molecule is CCCS(=O)(=O)c1cccc(CCC(N)=S)c1. The van der Waals surface area contributed by atoms with Gasteiger partial charge in [-0.05, 0) is 30.5 Å². The van der Waals surface area contributed by atoms with Crippen LogP contribution in [0.3, 0.4) is 0 Å². The van der Waals surface area contributed by atoms with Gasteiger partial charge in [0, 0.05) is 6.42 Å². The second-order valence-electron chi connectivity index (χ2n) is 3.93. The van der Waals surface area contributed by atoms with E-state index >= 15 is 0 Å². The Kier molecular flexibility index (Phi) is 5.08. The molecule has 0 heterocycles. The van der Waals surface area contributed by atoms with Crippen LogP contribution in [-0.2, 0) is 16.3 Å². The van der Waals surface area contributed by atoms with Gasteiger partial charge in [0.05, 0.1) is 15.6 Å². The largest absolute Gasteiger partial charge is 0.393 e. The molecule has 5 heteroatoms. The Hall–Kier alpha value is -0.940. The molecule has 1 rings (SSSR count). The van der Waals surface area contributed by atoms with E-state index in [9.17, 15) is 8.42 Å². The van der Waals surface area contributed by atoms with E-state index < -0.39 is 9.84 Å². The van der Waals surface area contributed by atoms with Gasteiger partial charge in [-0.25, -0.2) is 8.42 Å². The van der Waals surface area contributed by atoms with Crippen LogP contribution in [0.15, 0.2) is 29.2 Å². The van der Waals surface area contributed by atoms with Crippen molar-refractivity contribution in [2.45, 2.75) is 31.1 Å². The van der Waals surface area contributed by atoms with Gasteiger partial charge >= 0.3 is 0 Å². The minimum Gasteiger partial charge on any atom is -0.393 e. The second-order valence-corrected chi connectivity index (χ2v) is 6.57. The Labute approximate surface area is 108 Å². The average Bonchev–Trinajstić information content (AvgIpc) is 2.27. The molecule has 94 valence electrons. The van der Waals surface area contributed by atoms with Crippen LogP contribution in [0, 0.1) is 0 Å². The summed E-state index contributed by atoms with van der Waals surface area (Å²) in [7, 11) is -3.14. The monoisotopic (exact) mass is 271 g/mol. The molecule has 2 N–H and O–H groups in total. The predicted molar refractivity (Wildman–Crippen MR) is 73.9 cm³/mol. The Morgan fingerprint density at radius 1 is 1.41 bits per heavy atom. The second kappa shape index (κ2) is 6.12. The predicted octanol–water partition coefficient (Wildman–Crippen LogP) is 2.09. The molecule has 0 spiro atoms. The number of benzene rings is 1. The lowest BCUT2D eigenvalue weighted by atomic mass is 10.1. The number of nitrogens with two attached hydrogens (primary N) is 1. The van der Waals surface area contributed by atoms with Crippen molar-refractivity contribution in [2.24, 2.45) is 5.73 Å². The molecular weight excluding hydrogens is 254 g/mol. The highest BCUT2D eigenvalue weighted by Crippen LogP contribution is 2.15. The maximum absolute atomic E-state index is 11.9. The van der Waals surface area contributed by atoms with E-state index in [4.69, 9.17) is 18.0 Å². The number of thiocarbonyl (C=S) groups is 1. The lowest BCUT2D eigenvalue weighted by Crippen LogP contribution is -2.09. The van der Waals surface area contributed by atoms with Crippen LogP contribution in [0.5, 0.6) is 0 Å². The van der Waals surface area contributed by atoms with Crippen LogP contribution in [0.4, 0.5) is 0 Å². The molecule has 0 atom stereocenters. The van der Waals surface area contributed by atoms with Gasteiger partial charge in [0.1, 0.15) is 0 Å². The summed E-state index contributed by atoms with van der Waals surface area (Å²) in [6.07, 6.45) is 1.91. The molecule has 17 heavy (non-hydrogen) atoms.